The van der Waals surface area contributed by atoms with Gasteiger partial charge >= 0.3 is 6.08 Å². The molecule has 3 rings (SSSR count). The first-order valence-corrected chi connectivity index (χ1v) is 7.58. The van der Waals surface area contributed by atoms with Crippen LogP contribution in [-0.4, -0.2) is 48.1 Å². The minimum atomic E-state index is -0.940. The second-order valence-electron chi connectivity index (χ2n) is 4.99. The van der Waals surface area contributed by atoms with Gasteiger partial charge < -0.3 is 9.80 Å². The van der Waals surface area contributed by atoms with Crippen molar-refractivity contribution < 1.29 is 8.78 Å². The molecule has 0 radical (unpaired) electrons. The molecule has 4 nitrogen and oxygen atoms in total. The molecule has 0 bridgehead atoms. The van der Waals surface area contributed by atoms with Crippen molar-refractivity contribution >= 4 is 44.3 Å². The van der Waals surface area contributed by atoms with E-state index in [1.54, 1.807) is 6.07 Å². The third kappa shape index (κ3) is 2.69. The first kappa shape index (κ1) is 14.9. The lowest BCUT2D eigenvalue weighted by Crippen LogP contribution is -2.45. The number of likely N-dealkylation sites (N-methyl/N-ethyl adjacent to an activating group) is 1. The van der Waals surface area contributed by atoms with Crippen molar-refractivity contribution in [1.82, 2.24) is 14.9 Å². The molecule has 1 saturated heterocycles. The SMILES string of the molecule is CN1CCN(c2nc(F)nc3c(F)c(Br)c(Cl)cc23)CC1. The number of hydrogen-bond donors (Lipinski definition) is 0. The highest BCUT2D eigenvalue weighted by molar-refractivity contribution is 9.10. The third-order valence-electron chi connectivity index (χ3n) is 3.58. The van der Waals surface area contributed by atoms with Crippen LogP contribution in [0.15, 0.2) is 10.5 Å². The molecule has 1 fully saturated rings. The molecule has 0 atom stereocenters. The smallest absolute Gasteiger partial charge is 0.311 e. The van der Waals surface area contributed by atoms with Crippen LogP contribution >= 0.6 is 27.5 Å². The fourth-order valence-corrected chi connectivity index (χ4v) is 2.88. The van der Waals surface area contributed by atoms with E-state index in [2.05, 4.69) is 30.8 Å². The Bertz CT molecular complexity index is 704. The van der Waals surface area contributed by atoms with Crippen molar-refractivity contribution in [3.8, 4) is 0 Å². The summed E-state index contributed by atoms with van der Waals surface area (Å²) < 4.78 is 28.0. The molecule has 1 aliphatic rings. The van der Waals surface area contributed by atoms with E-state index in [-0.39, 0.29) is 15.0 Å². The van der Waals surface area contributed by atoms with Gasteiger partial charge in [-0.1, -0.05) is 11.6 Å². The maximum atomic E-state index is 14.2. The van der Waals surface area contributed by atoms with Crippen LogP contribution in [0.25, 0.3) is 10.9 Å². The van der Waals surface area contributed by atoms with Crippen molar-refractivity contribution in [2.24, 2.45) is 0 Å². The highest BCUT2D eigenvalue weighted by Gasteiger charge is 2.22. The Hall–Kier alpha value is -1.05. The van der Waals surface area contributed by atoms with Gasteiger partial charge in [-0.15, -0.1) is 0 Å². The number of piperazine rings is 1. The van der Waals surface area contributed by atoms with Crippen LogP contribution in [-0.2, 0) is 0 Å². The van der Waals surface area contributed by atoms with Crippen LogP contribution < -0.4 is 4.90 Å². The van der Waals surface area contributed by atoms with Crippen LogP contribution in [0.4, 0.5) is 14.6 Å². The summed E-state index contributed by atoms with van der Waals surface area (Å²) >= 11 is 9.05. The molecule has 112 valence electrons. The second kappa shape index (κ2) is 5.62. The first-order chi connectivity index (χ1) is 9.97. The number of halogens is 4. The van der Waals surface area contributed by atoms with Crippen molar-refractivity contribution in [1.29, 1.82) is 0 Å². The van der Waals surface area contributed by atoms with Crippen molar-refractivity contribution in [2.75, 3.05) is 38.1 Å². The van der Waals surface area contributed by atoms with Gasteiger partial charge in [0.05, 0.1) is 9.50 Å². The number of fused-ring (bicyclic) bond motifs is 1. The summed E-state index contributed by atoms with van der Waals surface area (Å²) in [6, 6.07) is 1.57. The molecule has 0 aliphatic carbocycles. The van der Waals surface area contributed by atoms with E-state index in [0.717, 1.165) is 13.1 Å². The molecule has 0 N–H and O–H groups in total. The summed E-state index contributed by atoms with van der Waals surface area (Å²) in [5.74, 6) is -0.284. The lowest BCUT2D eigenvalue weighted by molar-refractivity contribution is 0.312. The average Bonchev–Trinajstić information content (AvgIpc) is 2.46. The summed E-state index contributed by atoms with van der Waals surface area (Å²) in [5.41, 5.74) is -0.0623. The zero-order chi connectivity index (χ0) is 15.1. The molecule has 0 spiro atoms. The van der Waals surface area contributed by atoms with E-state index in [9.17, 15) is 8.78 Å². The topological polar surface area (TPSA) is 32.3 Å². The Kier molecular flexibility index (Phi) is 3.98. The molecular formula is C13H12BrClF2N4. The van der Waals surface area contributed by atoms with E-state index < -0.39 is 11.9 Å². The number of hydrogen-bond acceptors (Lipinski definition) is 4. The normalized spacial score (nSPS) is 16.7. The van der Waals surface area contributed by atoms with Crippen LogP contribution in [0.1, 0.15) is 0 Å². The van der Waals surface area contributed by atoms with E-state index in [1.807, 2.05) is 11.9 Å². The third-order valence-corrected chi connectivity index (χ3v) is 4.88. The maximum Gasteiger partial charge on any atom is 0.311 e. The molecule has 1 aliphatic heterocycles. The van der Waals surface area contributed by atoms with Crippen molar-refractivity contribution in [3.05, 3.63) is 27.5 Å². The highest BCUT2D eigenvalue weighted by Crippen LogP contribution is 2.35. The van der Waals surface area contributed by atoms with Crippen LogP contribution in [0.2, 0.25) is 5.02 Å². The summed E-state index contributed by atoms with van der Waals surface area (Å²) in [6.07, 6.45) is -0.940. The van der Waals surface area contributed by atoms with E-state index in [1.165, 1.54) is 0 Å². The Morgan fingerprint density at radius 2 is 1.86 bits per heavy atom. The fourth-order valence-electron chi connectivity index (χ4n) is 2.39. The summed E-state index contributed by atoms with van der Waals surface area (Å²) in [4.78, 5) is 11.5. The molecule has 1 aromatic heterocycles. The average molecular weight is 378 g/mol. The van der Waals surface area contributed by atoms with Crippen LogP contribution in [0, 0.1) is 11.9 Å². The lowest BCUT2D eigenvalue weighted by atomic mass is 10.2. The zero-order valence-electron chi connectivity index (χ0n) is 11.2. The number of rotatable bonds is 1. The molecule has 2 heterocycles. The number of aromatic nitrogens is 2. The Labute approximate surface area is 133 Å². The van der Waals surface area contributed by atoms with Crippen molar-refractivity contribution in [2.45, 2.75) is 0 Å². The second-order valence-corrected chi connectivity index (χ2v) is 6.19. The Morgan fingerprint density at radius 1 is 1.19 bits per heavy atom. The standard InChI is InChI=1S/C13H12BrClF2N4/c1-20-2-4-21(5-3-20)12-7-6-8(15)9(14)10(16)11(7)18-13(17)19-12/h6H,2-5H2,1H3. The zero-order valence-corrected chi connectivity index (χ0v) is 13.5. The predicted molar refractivity (Wildman–Crippen MR) is 81.9 cm³/mol. The molecule has 0 saturated carbocycles. The molecular weight excluding hydrogens is 366 g/mol. The van der Waals surface area contributed by atoms with Gasteiger partial charge in [-0.05, 0) is 29.0 Å². The van der Waals surface area contributed by atoms with Crippen molar-refractivity contribution in [3.63, 3.8) is 0 Å². The first-order valence-electron chi connectivity index (χ1n) is 6.41. The van der Waals surface area contributed by atoms with E-state index in [4.69, 9.17) is 11.6 Å². The molecule has 21 heavy (non-hydrogen) atoms. The predicted octanol–water partition coefficient (Wildman–Crippen LogP) is 3.08. The molecule has 0 unspecified atom stereocenters. The van der Waals surface area contributed by atoms with Gasteiger partial charge in [0, 0.05) is 31.6 Å². The minimum absolute atomic E-state index is 0.0623. The molecule has 2 aromatic rings. The Balaban J connectivity index is 2.18. The number of nitrogens with zero attached hydrogens (tertiary/aromatic N) is 4. The lowest BCUT2D eigenvalue weighted by Gasteiger charge is -2.33. The van der Waals surface area contributed by atoms with Gasteiger partial charge in [-0.3, -0.25) is 0 Å². The van der Waals surface area contributed by atoms with Gasteiger partial charge in [0.1, 0.15) is 11.3 Å². The molecule has 0 amide bonds. The summed E-state index contributed by atoms with van der Waals surface area (Å²) in [6.45, 7) is 3.05. The quantitative estimate of drug-likeness (QED) is 0.565. The largest absolute Gasteiger partial charge is 0.353 e. The maximum absolute atomic E-state index is 14.2. The van der Waals surface area contributed by atoms with Gasteiger partial charge in [0.25, 0.3) is 0 Å². The van der Waals surface area contributed by atoms with Gasteiger partial charge in [0.15, 0.2) is 5.82 Å². The van der Waals surface area contributed by atoms with E-state index >= 15 is 0 Å². The monoisotopic (exact) mass is 376 g/mol. The number of benzene rings is 1. The molecule has 8 heteroatoms. The number of anilines is 1. The highest BCUT2D eigenvalue weighted by atomic mass is 79.9. The van der Waals surface area contributed by atoms with Gasteiger partial charge in [0.2, 0.25) is 0 Å². The van der Waals surface area contributed by atoms with Gasteiger partial charge in [-0.2, -0.15) is 14.4 Å². The van der Waals surface area contributed by atoms with Gasteiger partial charge in [-0.25, -0.2) is 4.39 Å². The van der Waals surface area contributed by atoms with Crippen LogP contribution in [0.3, 0.4) is 0 Å². The summed E-state index contributed by atoms with van der Waals surface area (Å²) in [7, 11) is 2.02. The minimum Gasteiger partial charge on any atom is -0.353 e. The fraction of sp³-hybridized carbons (Fsp3) is 0.385. The summed E-state index contributed by atoms with van der Waals surface area (Å²) in [5, 5.41) is 0.636. The van der Waals surface area contributed by atoms with E-state index in [0.29, 0.717) is 24.3 Å². The molecule has 1 aromatic carbocycles. The van der Waals surface area contributed by atoms with Crippen LogP contribution in [0.5, 0.6) is 0 Å². The Morgan fingerprint density at radius 3 is 2.52 bits per heavy atom.